The minimum atomic E-state index is 0.772. The van der Waals surface area contributed by atoms with E-state index in [1.165, 1.54) is 32.4 Å². The largest absolute Gasteiger partial charge is 0.377 e. The summed E-state index contributed by atoms with van der Waals surface area (Å²) in [6.45, 7) is 5.32. The van der Waals surface area contributed by atoms with Gasteiger partial charge in [0.05, 0.1) is 30.7 Å². The van der Waals surface area contributed by atoms with Crippen LogP contribution in [0, 0.1) is 0 Å². The van der Waals surface area contributed by atoms with Crippen molar-refractivity contribution in [2.75, 3.05) is 25.0 Å². The average molecular weight is 288 g/mol. The molecule has 0 spiro atoms. The van der Waals surface area contributed by atoms with Gasteiger partial charge in [0.15, 0.2) is 0 Å². The lowest BCUT2D eigenvalue weighted by Crippen LogP contribution is -2.32. The molecule has 114 valence electrons. The molecule has 0 radical (unpaired) electrons. The highest BCUT2D eigenvalue weighted by atomic mass is 15.3. The summed E-state index contributed by atoms with van der Waals surface area (Å²) in [5, 5.41) is 12.0. The summed E-state index contributed by atoms with van der Waals surface area (Å²) in [4.78, 5) is 2.54. The van der Waals surface area contributed by atoms with Crippen LogP contribution in [0.4, 0.5) is 5.69 Å². The molecule has 0 aromatic carbocycles. The van der Waals surface area contributed by atoms with Crippen molar-refractivity contribution >= 4 is 5.69 Å². The molecule has 3 rings (SSSR count). The standard InChI is InChI=1S/C15H24N6/c1-19-15(5-6-17-19)12-16-14-11-18-21(13-14)10-9-20-7-3-2-4-8-20/h5-6,11,13,16H,2-4,7-10,12H2,1H3. The van der Waals surface area contributed by atoms with E-state index in [-0.39, 0.29) is 0 Å². The smallest absolute Gasteiger partial charge is 0.0729 e. The number of aryl methyl sites for hydroxylation is 1. The minimum Gasteiger partial charge on any atom is -0.377 e. The van der Waals surface area contributed by atoms with Gasteiger partial charge in [-0.25, -0.2) is 0 Å². The molecule has 0 atom stereocenters. The van der Waals surface area contributed by atoms with Gasteiger partial charge in [-0.3, -0.25) is 9.36 Å². The van der Waals surface area contributed by atoms with Crippen LogP contribution in [0.3, 0.4) is 0 Å². The zero-order valence-corrected chi connectivity index (χ0v) is 12.7. The highest BCUT2D eigenvalue weighted by Gasteiger charge is 2.09. The van der Waals surface area contributed by atoms with Gasteiger partial charge in [-0.1, -0.05) is 6.42 Å². The molecule has 3 heterocycles. The Labute approximate surface area is 125 Å². The lowest BCUT2D eigenvalue weighted by molar-refractivity contribution is 0.218. The van der Waals surface area contributed by atoms with Crippen LogP contribution in [0.15, 0.2) is 24.7 Å². The van der Waals surface area contributed by atoms with Gasteiger partial charge < -0.3 is 10.2 Å². The number of hydrogen-bond donors (Lipinski definition) is 1. The Hall–Kier alpha value is -1.82. The first kappa shape index (κ1) is 14.1. The normalized spacial score (nSPS) is 16.2. The van der Waals surface area contributed by atoms with Crippen molar-refractivity contribution in [3.05, 3.63) is 30.4 Å². The van der Waals surface area contributed by atoms with Crippen LogP contribution < -0.4 is 5.32 Å². The molecule has 1 N–H and O–H groups in total. The molecule has 0 aliphatic carbocycles. The summed E-state index contributed by atoms with van der Waals surface area (Å²) in [5.74, 6) is 0. The highest BCUT2D eigenvalue weighted by Crippen LogP contribution is 2.10. The van der Waals surface area contributed by atoms with Gasteiger partial charge in [-0.2, -0.15) is 10.2 Å². The average Bonchev–Trinajstić information content (AvgIpc) is 3.13. The van der Waals surface area contributed by atoms with Crippen molar-refractivity contribution in [1.82, 2.24) is 24.5 Å². The quantitative estimate of drug-likeness (QED) is 0.879. The molecule has 6 heteroatoms. The Morgan fingerprint density at radius 1 is 1.14 bits per heavy atom. The van der Waals surface area contributed by atoms with Crippen LogP contribution in [-0.2, 0) is 20.1 Å². The Bertz CT molecular complexity index is 552. The maximum absolute atomic E-state index is 4.43. The fraction of sp³-hybridized carbons (Fsp3) is 0.600. The zero-order valence-electron chi connectivity index (χ0n) is 12.7. The van der Waals surface area contributed by atoms with E-state index < -0.39 is 0 Å². The Balaban J connectivity index is 1.46. The van der Waals surface area contributed by atoms with Crippen molar-refractivity contribution in [3.63, 3.8) is 0 Å². The summed E-state index contributed by atoms with van der Waals surface area (Å²) in [6, 6.07) is 2.02. The monoisotopic (exact) mass is 288 g/mol. The van der Waals surface area contributed by atoms with Gasteiger partial charge in [0.1, 0.15) is 0 Å². The third-order valence-corrected chi connectivity index (χ3v) is 4.12. The first-order chi connectivity index (χ1) is 10.3. The van der Waals surface area contributed by atoms with Gasteiger partial charge in [-0.05, 0) is 32.0 Å². The number of hydrogen-bond acceptors (Lipinski definition) is 4. The van der Waals surface area contributed by atoms with E-state index in [2.05, 4.69) is 26.6 Å². The molecule has 1 fully saturated rings. The number of piperidine rings is 1. The van der Waals surface area contributed by atoms with Gasteiger partial charge in [-0.15, -0.1) is 0 Å². The second kappa shape index (κ2) is 6.76. The van der Waals surface area contributed by atoms with Crippen molar-refractivity contribution in [2.24, 2.45) is 7.05 Å². The second-order valence-corrected chi connectivity index (χ2v) is 5.69. The predicted molar refractivity (Wildman–Crippen MR) is 83.1 cm³/mol. The molecule has 0 bridgehead atoms. The molecule has 6 nitrogen and oxygen atoms in total. The van der Waals surface area contributed by atoms with Crippen LogP contribution in [0.5, 0.6) is 0 Å². The van der Waals surface area contributed by atoms with Gasteiger partial charge in [0.2, 0.25) is 0 Å². The van der Waals surface area contributed by atoms with Gasteiger partial charge in [0, 0.05) is 26.0 Å². The van der Waals surface area contributed by atoms with E-state index in [1.807, 2.05) is 34.9 Å². The summed E-state index contributed by atoms with van der Waals surface area (Å²) in [6.07, 6.45) is 9.87. The zero-order chi connectivity index (χ0) is 14.5. The maximum Gasteiger partial charge on any atom is 0.0729 e. The highest BCUT2D eigenvalue weighted by molar-refractivity contribution is 5.38. The number of likely N-dealkylation sites (tertiary alicyclic amines) is 1. The first-order valence-electron chi connectivity index (χ1n) is 7.77. The van der Waals surface area contributed by atoms with Gasteiger partial charge in [0.25, 0.3) is 0 Å². The van der Waals surface area contributed by atoms with E-state index >= 15 is 0 Å². The summed E-state index contributed by atoms with van der Waals surface area (Å²) in [7, 11) is 1.96. The van der Waals surface area contributed by atoms with Crippen LogP contribution >= 0.6 is 0 Å². The predicted octanol–water partition coefficient (Wildman–Crippen LogP) is 1.71. The van der Waals surface area contributed by atoms with Crippen molar-refractivity contribution in [3.8, 4) is 0 Å². The maximum atomic E-state index is 4.43. The topological polar surface area (TPSA) is 50.9 Å². The number of rotatable bonds is 6. The van der Waals surface area contributed by atoms with Crippen LogP contribution in [0.2, 0.25) is 0 Å². The second-order valence-electron chi connectivity index (χ2n) is 5.69. The third-order valence-electron chi connectivity index (χ3n) is 4.12. The minimum absolute atomic E-state index is 0.772. The number of aromatic nitrogens is 4. The third kappa shape index (κ3) is 3.85. The Morgan fingerprint density at radius 2 is 2.00 bits per heavy atom. The molecule has 1 aliphatic rings. The van der Waals surface area contributed by atoms with Crippen LogP contribution in [-0.4, -0.2) is 44.1 Å². The van der Waals surface area contributed by atoms with Crippen LogP contribution in [0.1, 0.15) is 25.0 Å². The van der Waals surface area contributed by atoms with E-state index in [1.54, 1.807) is 0 Å². The molecular formula is C15H24N6. The summed E-state index contributed by atoms with van der Waals surface area (Å²) >= 11 is 0. The lowest BCUT2D eigenvalue weighted by atomic mass is 10.1. The molecule has 21 heavy (non-hydrogen) atoms. The molecule has 2 aromatic rings. The molecule has 0 amide bonds. The first-order valence-corrected chi connectivity index (χ1v) is 7.77. The SMILES string of the molecule is Cn1nccc1CNc1cnn(CCN2CCCCC2)c1. The molecule has 0 unspecified atom stereocenters. The van der Waals surface area contributed by atoms with Crippen LogP contribution in [0.25, 0.3) is 0 Å². The molecule has 2 aromatic heterocycles. The lowest BCUT2D eigenvalue weighted by Gasteiger charge is -2.26. The number of nitrogens with zero attached hydrogens (tertiary/aromatic N) is 5. The summed E-state index contributed by atoms with van der Waals surface area (Å²) in [5.41, 5.74) is 2.23. The van der Waals surface area contributed by atoms with Crippen molar-refractivity contribution in [1.29, 1.82) is 0 Å². The fourth-order valence-corrected chi connectivity index (χ4v) is 2.77. The molecule has 1 saturated heterocycles. The van der Waals surface area contributed by atoms with Gasteiger partial charge >= 0.3 is 0 Å². The van der Waals surface area contributed by atoms with Crippen molar-refractivity contribution in [2.45, 2.75) is 32.4 Å². The number of anilines is 1. The van der Waals surface area contributed by atoms with E-state index in [9.17, 15) is 0 Å². The Morgan fingerprint density at radius 3 is 2.76 bits per heavy atom. The molecular weight excluding hydrogens is 264 g/mol. The van der Waals surface area contributed by atoms with E-state index in [0.29, 0.717) is 0 Å². The Kier molecular flexibility index (Phi) is 4.55. The molecule has 0 saturated carbocycles. The van der Waals surface area contributed by atoms with E-state index in [4.69, 9.17) is 0 Å². The summed E-state index contributed by atoms with van der Waals surface area (Å²) < 4.78 is 3.91. The fourth-order valence-electron chi connectivity index (χ4n) is 2.77. The van der Waals surface area contributed by atoms with E-state index in [0.717, 1.165) is 31.0 Å². The number of nitrogens with one attached hydrogen (secondary N) is 1. The van der Waals surface area contributed by atoms with Crippen molar-refractivity contribution < 1.29 is 0 Å². The molecule has 1 aliphatic heterocycles.